The van der Waals surface area contributed by atoms with Gasteiger partial charge in [0.1, 0.15) is 5.69 Å². The van der Waals surface area contributed by atoms with E-state index in [2.05, 4.69) is 28.6 Å². The monoisotopic (exact) mass is 357 g/mol. The number of para-hydroxylation sites is 1. The Morgan fingerprint density at radius 2 is 1.92 bits per heavy atom. The van der Waals surface area contributed by atoms with Gasteiger partial charge in [0.25, 0.3) is 5.91 Å². The second-order valence-electron chi connectivity index (χ2n) is 5.42. The number of rotatable bonds is 4. The van der Waals surface area contributed by atoms with Crippen LogP contribution in [-0.4, -0.2) is 10.9 Å². The van der Waals surface area contributed by atoms with Crippen LogP contribution in [-0.2, 0) is 0 Å². The van der Waals surface area contributed by atoms with Crippen molar-refractivity contribution in [1.82, 2.24) is 4.98 Å². The zero-order chi connectivity index (χ0) is 17.1. The second kappa shape index (κ2) is 7.03. The Kier molecular flexibility index (Phi) is 4.83. The summed E-state index contributed by atoms with van der Waals surface area (Å²) in [5.74, 6) is -0.284. The van der Waals surface area contributed by atoms with E-state index in [9.17, 15) is 4.79 Å². The van der Waals surface area contributed by atoms with E-state index in [0.717, 1.165) is 11.3 Å². The Bertz CT molecular complexity index is 891. The van der Waals surface area contributed by atoms with Gasteiger partial charge < -0.3 is 10.6 Å². The molecule has 0 spiro atoms. The summed E-state index contributed by atoms with van der Waals surface area (Å²) in [7, 11) is 0. The summed E-state index contributed by atoms with van der Waals surface area (Å²) < 4.78 is 0. The van der Waals surface area contributed by atoms with Crippen molar-refractivity contribution in [1.29, 1.82) is 0 Å². The predicted octanol–water partition coefficient (Wildman–Crippen LogP) is 5.41. The van der Waals surface area contributed by atoms with E-state index in [1.807, 2.05) is 31.2 Å². The van der Waals surface area contributed by atoms with Gasteiger partial charge in [0, 0.05) is 11.1 Å². The molecular weight excluding hydrogens is 342 g/mol. The van der Waals surface area contributed by atoms with Crippen LogP contribution < -0.4 is 10.6 Å². The Balaban J connectivity index is 1.73. The zero-order valence-electron chi connectivity index (χ0n) is 13.3. The van der Waals surface area contributed by atoms with Crippen LogP contribution in [0.4, 0.5) is 16.5 Å². The van der Waals surface area contributed by atoms with Gasteiger partial charge in [0.2, 0.25) is 0 Å². The standard InChI is InChI=1S/C18H16ClN3OS/c1-11-7-8-14(12(2)9-11)21-18-22-16(10-24-18)17(23)20-15-6-4-3-5-13(15)19/h3-10H,1-2H3,(H,20,23)(H,21,22). The third-order valence-corrected chi connectivity index (χ3v) is 4.57. The number of thiazole rings is 1. The maximum atomic E-state index is 12.3. The van der Waals surface area contributed by atoms with Crippen molar-refractivity contribution in [3.8, 4) is 0 Å². The van der Waals surface area contributed by atoms with Crippen molar-refractivity contribution >= 4 is 45.4 Å². The molecule has 0 aliphatic rings. The lowest BCUT2D eigenvalue weighted by atomic mass is 10.1. The number of anilines is 3. The number of nitrogens with zero attached hydrogens (tertiary/aromatic N) is 1. The number of aromatic nitrogens is 1. The van der Waals surface area contributed by atoms with Gasteiger partial charge in [-0.3, -0.25) is 4.79 Å². The molecular formula is C18H16ClN3OS. The molecule has 122 valence electrons. The Hall–Kier alpha value is -2.37. The van der Waals surface area contributed by atoms with Gasteiger partial charge in [-0.15, -0.1) is 11.3 Å². The molecule has 1 aromatic heterocycles. The number of aryl methyl sites for hydroxylation is 2. The molecule has 0 radical (unpaired) electrons. The summed E-state index contributed by atoms with van der Waals surface area (Å²) in [6, 6.07) is 13.2. The lowest BCUT2D eigenvalue weighted by Gasteiger charge is -2.07. The molecule has 3 aromatic rings. The second-order valence-corrected chi connectivity index (χ2v) is 6.68. The number of carbonyl (C=O) groups is 1. The van der Waals surface area contributed by atoms with Gasteiger partial charge in [-0.2, -0.15) is 0 Å². The molecule has 0 saturated carbocycles. The molecule has 1 amide bonds. The molecule has 2 N–H and O–H groups in total. The summed E-state index contributed by atoms with van der Waals surface area (Å²) in [4.78, 5) is 16.6. The number of benzene rings is 2. The van der Waals surface area contributed by atoms with Gasteiger partial charge in [0.05, 0.1) is 10.7 Å². The smallest absolute Gasteiger partial charge is 0.275 e. The molecule has 6 heteroatoms. The van der Waals surface area contributed by atoms with E-state index in [1.54, 1.807) is 17.5 Å². The van der Waals surface area contributed by atoms with Gasteiger partial charge >= 0.3 is 0 Å². The molecule has 0 bridgehead atoms. The SMILES string of the molecule is Cc1ccc(Nc2nc(C(=O)Nc3ccccc3Cl)cs2)c(C)c1. The van der Waals surface area contributed by atoms with Crippen LogP contribution in [0.15, 0.2) is 47.8 Å². The summed E-state index contributed by atoms with van der Waals surface area (Å²) in [5, 5.41) is 8.91. The Morgan fingerprint density at radius 3 is 2.67 bits per heavy atom. The van der Waals surface area contributed by atoms with E-state index < -0.39 is 0 Å². The molecule has 0 fully saturated rings. The number of hydrogen-bond donors (Lipinski definition) is 2. The molecule has 0 saturated heterocycles. The van der Waals surface area contributed by atoms with Crippen molar-refractivity contribution in [3.05, 3.63) is 69.7 Å². The first kappa shape index (κ1) is 16.5. The van der Waals surface area contributed by atoms with Crippen LogP contribution >= 0.6 is 22.9 Å². The number of halogens is 1. The average Bonchev–Trinajstić information content (AvgIpc) is 3.01. The first-order chi connectivity index (χ1) is 11.5. The number of amides is 1. The van der Waals surface area contributed by atoms with Gasteiger partial charge in [-0.1, -0.05) is 41.4 Å². The minimum atomic E-state index is -0.284. The number of hydrogen-bond acceptors (Lipinski definition) is 4. The molecule has 2 aromatic carbocycles. The van der Waals surface area contributed by atoms with Gasteiger partial charge in [-0.05, 0) is 37.6 Å². The van der Waals surface area contributed by atoms with Crippen LogP contribution in [0, 0.1) is 13.8 Å². The summed E-state index contributed by atoms with van der Waals surface area (Å²) in [5.41, 5.74) is 4.24. The highest BCUT2D eigenvalue weighted by Gasteiger charge is 2.13. The number of carbonyl (C=O) groups excluding carboxylic acids is 1. The topological polar surface area (TPSA) is 54.0 Å². The lowest BCUT2D eigenvalue weighted by molar-refractivity contribution is 0.102. The van der Waals surface area contributed by atoms with E-state index in [-0.39, 0.29) is 5.91 Å². The molecule has 24 heavy (non-hydrogen) atoms. The van der Waals surface area contributed by atoms with E-state index >= 15 is 0 Å². The van der Waals surface area contributed by atoms with Crippen molar-refractivity contribution < 1.29 is 4.79 Å². The van der Waals surface area contributed by atoms with Gasteiger partial charge in [-0.25, -0.2) is 4.98 Å². The highest BCUT2D eigenvalue weighted by molar-refractivity contribution is 7.14. The molecule has 4 nitrogen and oxygen atoms in total. The molecule has 0 atom stereocenters. The average molecular weight is 358 g/mol. The largest absolute Gasteiger partial charge is 0.331 e. The van der Waals surface area contributed by atoms with Crippen molar-refractivity contribution in [2.45, 2.75) is 13.8 Å². The maximum absolute atomic E-state index is 12.3. The molecule has 1 heterocycles. The maximum Gasteiger partial charge on any atom is 0.275 e. The molecule has 0 aliphatic carbocycles. The van der Waals surface area contributed by atoms with Crippen LogP contribution in [0.25, 0.3) is 0 Å². The fourth-order valence-electron chi connectivity index (χ4n) is 2.25. The highest BCUT2D eigenvalue weighted by atomic mass is 35.5. The van der Waals surface area contributed by atoms with E-state index in [1.165, 1.54) is 16.9 Å². The normalized spacial score (nSPS) is 10.5. The van der Waals surface area contributed by atoms with Crippen molar-refractivity contribution in [2.75, 3.05) is 10.6 Å². The summed E-state index contributed by atoms with van der Waals surface area (Å²) >= 11 is 7.44. The van der Waals surface area contributed by atoms with Crippen LogP contribution in [0.2, 0.25) is 5.02 Å². The lowest BCUT2D eigenvalue weighted by Crippen LogP contribution is -2.12. The Morgan fingerprint density at radius 1 is 1.12 bits per heavy atom. The van der Waals surface area contributed by atoms with Crippen molar-refractivity contribution in [3.63, 3.8) is 0 Å². The van der Waals surface area contributed by atoms with E-state index in [4.69, 9.17) is 11.6 Å². The fourth-order valence-corrected chi connectivity index (χ4v) is 3.14. The third-order valence-electron chi connectivity index (χ3n) is 3.48. The third kappa shape index (κ3) is 3.75. The fraction of sp³-hybridized carbons (Fsp3) is 0.111. The Labute approximate surface area is 149 Å². The first-order valence-electron chi connectivity index (χ1n) is 7.38. The van der Waals surface area contributed by atoms with E-state index in [0.29, 0.717) is 21.5 Å². The van der Waals surface area contributed by atoms with Gasteiger partial charge in [0.15, 0.2) is 5.13 Å². The molecule has 0 unspecified atom stereocenters. The highest BCUT2D eigenvalue weighted by Crippen LogP contribution is 2.25. The molecule has 0 aliphatic heterocycles. The van der Waals surface area contributed by atoms with Crippen LogP contribution in [0.3, 0.4) is 0 Å². The zero-order valence-corrected chi connectivity index (χ0v) is 14.8. The van der Waals surface area contributed by atoms with Crippen molar-refractivity contribution in [2.24, 2.45) is 0 Å². The molecule has 3 rings (SSSR count). The number of nitrogens with one attached hydrogen (secondary N) is 2. The minimum Gasteiger partial charge on any atom is -0.331 e. The minimum absolute atomic E-state index is 0.284. The van der Waals surface area contributed by atoms with Crippen LogP contribution in [0.1, 0.15) is 21.6 Å². The predicted molar refractivity (Wildman–Crippen MR) is 101 cm³/mol. The van der Waals surface area contributed by atoms with Crippen LogP contribution in [0.5, 0.6) is 0 Å². The quantitative estimate of drug-likeness (QED) is 0.656. The first-order valence-corrected chi connectivity index (χ1v) is 8.64. The summed E-state index contributed by atoms with van der Waals surface area (Å²) in [6.45, 7) is 4.09. The summed E-state index contributed by atoms with van der Waals surface area (Å²) in [6.07, 6.45) is 0.